The number of hydrogen-bond donors (Lipinski definition) is 1. The molecule has 0 bridgehead atoms. The number of nitrogens with zero attached hydrogens (tertiary/aromatic N) is 1. The van der Waals surface area contributed by atoms with Gasteiger partial charge in [-0.2, -0.15) is 0 Å². The standard InChI is InChI=1S/C11H19NO4/c1-11(2,3)16-10(14)12-4-7-8(13)6-15-9(7)5-12/h7-9,13H,4-6H2,1-3H3/t7-,8?,9-/m0/s1. The van der Waals surface area contributed by atoms with Crippen LogP contribution in [-0.2, 0) is 9.47 Å². The molecule has 0 aliphatic carbocycles. The Kier molecular flexibility index (Phi) is 2.84. The Bertz CT molecular complexity index is 286. The van der Waals surface area contributed by atoms with Gasteiger partial charge in [-0.15, -0.1) is 0 Å². The van der Waals surface area contributed by atoms with Gasteiger partial charge in [-0.25, -0.2) is 4.79 Å². The van der Waals surface area contributed by atoms with Gasteiger partial charge < -0.3 is 19.5 Å². The number of rotatable bonds is 0. The van der Waals surface area contributed by atoms with E-state index in [1.54, 1.807) is 4.90 Å². The molecule has 2 rings (SSSR count). The molecule has 5 heteroatoms. The largest absolute Gasteiger partial charge is 0.444 e. The van der Waals surface area contributed by atoms with E-state index >= 15 is 0 Å². The van der Waals surface area contributed by atoms with Crippen LogP contribution in [0.15, 0.2) is 0 Å². The quantitative estimate of drug-likeness (QED) is 0.661. The van der Waals surface area contributed by atoms with Crippen LogP contribution >= 0.6 is 0 Å². The van der Waals surface area contributed by atoms with Crippen molar-refractivity contribution in [2.75, 3.05) is 19.7 Å². The lowest BCUT2D eigenvalue weighted by molar-refractivity contribution is 0.0192. The lowest BCUT2D eigenvalue weighted by Crippen LogP contribution is -2.37. The van der Waals surface area contributed by atoms with Gasteiger partial charge in [0.15, 0.2) is 0 Å². The summed E-state index contributed by atoms with van der Waals surface area (Å²) < 4.78 is 10.7. The molecule has 16 heavy (non-hydrogen) atoms. The highest BCUT2D eigenvalue weighted by Gasteiger charge is 2.45. The predicted molar refractivity (Wildman–Crippen MR) is 57.0 cm³/mol. The molecule has 1 N–H and O–H groups in total. The maximum Gasteiger partial charge on any atom is 0.410 e. The molecule has 2 saturated heterocycles. The van der Waals surface area contributed by atoms with E-state index in [-0.39, 0.29) is 18.1 Å². The zero-order valence-corrected chi connectivity index (χ0v) is 9.97. The summed E-state index contributed by atoms with van der Waals surface area (Å²) in [6.07, 6.45) is -0.794. The summed E-state index contributed by atoms with van der Waals surface area (Å²) in [5.41, 5.74) is -0.478. The Labute approximate surface area is 95.3 Å². The van der Waals surface area contributed by atoms with Gasteiger partial charge in [0.05, 0.1) is 25.4 Å². The molecule has 2 aliphatic heterocycles. The summed E-state index contributed by atoms with van der Waals surface area (Å²) in [6, 6.07) is 0. The van der Waals surface area contributed by atoms with Crippen molar-refractivity contribution >= 4 is 6.09 Å². The molecular formula is C11H19NO4. The van der Waals surface area contributed by atoms with E-state index in [1.165, 1.54) is 0 Å². The van der Waals surface area contributed by atoms with E-state index in [9.17, 15) is 9.90 Å². The first-order chi connectivity index (χ1) is 7.37. The number of ether oxygens (including phenoxy) is 2. The fourth-order valence-electron chi connectivity index (χ4n) is 2.17. The number of hydrogen-bond acceptors (Lipinski definition) is 4. The minimum absolute atomic E-state index is 0.0254. The molecule has 0 radical (unpaired) electrons. The van der Waals surface area contributed by atoms with E-state index in [4.69, 9.17) is 9.47 Å². The average Bonchev–Trinajstić information content (AvgIpc) is 2.65. The van der Waals surface area contributed by atoms with Crippen LogP contribution in [0.3, 0.4) is 0 Å². The van der Waals surface area contributed by atoms with Gasteiger partial charge in [-0.1, -0.05) is 0 Å². The van der Waals surface area contributed by atoms with E-state index in [0.717, 1.165) is 0 Å². The molecule has 0 aromatic rings. The van der Waals surface area contributed by atoms with Crippen LogP contribution in [0.2, 0.25) is 0 Å². The predicted octanol–water partition coefficient (Wildman–Crippen LogP) is 0.613. The van der Waals surface area contributed by atoms with Crippen LogP contribution in [0.1, 0.15) is 20.8 Å². The van der Waals surface area contributed by atoms with Crippen molar-refractivity contribution in [3.63, 3.8) is 0 Å². The Morgan fingerprint density at radius 2 is 2.12 bits per heavy atom. The molecule has 2 fully saturated rings. The second-order valence-electron chi connectivity index (χ2n) is 5.49. The van der Waals surface area contributed by atoms with Crippen LogP contribution in [0.5, 0.6) is 0 Å². The third-order valence-electron chi connectivity index (χ3n) is 2.94. The maximum absolute atomic E-state index is 11.8. The summed E-state index contributed by atoms with van der Waals surface area (Å²) in [5, 5.41) is 9.63. The van der Waals surface area contributed by atoms with Crippen molar-refractivity contribution < 1.29 is 19.4 Å². The minimum Gasteiger partial charge on any atom is -0.444 e. The second kappa shape index (κ2) is 3.89. The van der Waals surface area contributed by atoms with Crippen molar-refractivity contribution in [1.82, 2.24) is 4.90 Å². The topological polar surface area (TPSA) is 59.0 Å². The van der Waals surface area contributed by atoms with E-state index in [0.29, 0.717) is 19.7 Å². The number of aliphatic hydroxyl groups is 1. The van der Waals surface area contributed by atoms with Crippen LogP contribution in [0.25, 0.3) is 0 Å². The first-order valence-electron chi connectivity index (χ1n) is 5.64. The SMILES string of the molecule is CC(C)(C)OC(=O)N1C[C@@H]2OCC(O)[C@@H]2C1. The molecule has 5 nitrogen and oxygen atoms in total. The Balaban J connectivity index is 1.92. The lowest BCUT2D eigenvalue weighted by Gasteiger charge is -2.25. The van der Waals surface area contributed by atoms with Gasteiger partial charge in [0.2, 0.25) is 0 Å². The van der Waals surface area contributed by atoms with Gasteiger partial charge in [0.1, 0.15) is 5.60 Å². The second-order valence-corrected chi connectivity index (χ2v) is 5.49. The normalized spacial score (nSPS) is 34.0. The van der Waals surface area contributed by atoms with Gasteiger partial charge in [0, 0.05) is 12.5 Å². The molecule has 0 saturated carbocycles. The molecular weight excluding hydrogens is 210 g/mol. The van der Waals surface area contributed by atoms with Crippen molar-refractivity contribution in [3.8, 4) is 0 Å². The van der Waals surface area contributed by atoms with E-state index < -0.39 is 11.7 Å². The third kappa shape index (κ3) is 2.30. The fraction of sp³-hybridized carbons (Fsp3) is 0.909. The zero-order chi connectivity index (χ0) is 11.9. The third-order valence-corrected chi connectivity index (χ3v) is 2.94. The summed E-state index contributed by atoms with van der Waals surface area (Å²) in [6.45, 7) is 6.96. The van der Waals surface area contributed by atoms with Gasteiger partial charge in [0.25, 0.3) is 0 Å². The number of likely N-dealkylation sites (tertiary alicyclic amines) is 1. The first-order valence-corrected chi connectivity index (χ1v) is 5.64. The molecule has 3 atom stereocenters. The smallest absolute Gasteiger partial charge is 0.410 e. The maximum atomic E-state index is 11.8. The molecule has 1 unspecified atom stereocenters. The zero-order valence-electron chi connectivity index (χ0n) is 9.97. The van der Waals surface area contributed by atoms with Gasteiger partial charge in [-0.3, -0.25) is 0 Å². The minimum atomic E-state index is -0.478. The lowest BCUT2D eigenvalue weighted by atomic mass is 10.0. The van der Waals surface area contributed by atoms with E-state index in [2.05, 4.69) is 0 Å². The van der Waals surface area contributed by atoms with Crippen LogP contribution in [-0.4, -0.2) is 53.6 Å². The highest BCUT2D eigenvalue weighted by Crippen LogP contribution is 2.30. The molecule has 0 aromatic heterocycles. The first kappa shape index (κ1) is 11.7. The summed E-state index contributed by atoms with van der Waals surface area (Å²) in [4.78, 5) is 13.4. The molecule has 2 aliphatic rings. The number of amides is 1. The summed E-state index contributed by atoms with van der Waals surface area (Å²) in [5.74, 6) is 0.0486. The van der Waals surface area contributed by atoms with Gasteiger partial charge in [-0.05, 0) is 20.8 Å². The Hall–Kier alpha value is -0.810. The molecule has 0 spiro atoms. The number of carbonyl (C=O) groups is 1. The average molecular weight is 229 g/mol. The van der Waals surface area contributed by atoms with Crippen LogP contribution in [0, 0.1) is 5.92 Å². The molecule has 0 aromatic carbocycles. The van der Waals surface area contributed by atoms with Crippen molar-refractivity contribution in [1.29, 1.82) is 0 Å². The highest BCUT2D eigenvalue weighted by atomic mass is 16.6. The molecule has 1 amide bonds. The summed E-state index contributed by atoms with van der Waals surface area (Å²) in [7, 11) is 0. The van der Waals surface area contributed by atoms with Gasteiger partial charge >= 0.3 is 6.09 Å². The number of fused-ring (bicyclic) bond motifs is 1. The van der Waals surface area contributed by atoms with E-state index in [1.807, 2.05) is 20.8 Å². The number of aliphatic hydroxyl groups excluding tert-OH is 1. The van der Waals surface area contributed by atoms with Crippen LogP contribution in [0.4, 0.5) is 4.79 Å². The van der Waals surface area contributed by atoms with Crippen molar-refractivity contribution in [3.05, 3.63) is 0 Å². The van der Waals surface area contributed by atoms with Crippen molar-refractivity contribution in [2.24, 2.45) is 5.92 Å². The number of carbonyl (C=O) groups excluding carboxylic acids is 1. The molecule has 2 heterocycles. The highest BCUT2D eigenvalue weighted by molar-refractivity contribution is 5.68. The monoisotopic (exact) mass is 229 g/mol. The van der Waals surface area contributed by atoms with Crippen LogP contribution < -0.4 is 0 Å². The Morgan fingerprint density at radius 3 is 2.69 bits per heavy atom. The molecule has 92 valence electrons. The fourth-order valence-corrected chi connectivity index (χ4v) is 2.17. The van der Waals surface area contributed by atoms with Crippen molar-refractivity contribution in [2.45, 2.75) is 38.6 Å². The summed E-state index contributed by atoms with van der Waals surface area (Å²) >= 11 is 0. The Morgan fingerprint density at radius 1 is 1.44 bits per heavy atom.